The number of anilines is 3. The largest absolute Gasteiger partial charge is 0.493 e. The molecule has 0 saturated carbocycles. The first kappa shape index (κ1) is 26.3. The Bertz CT molecular complexity index is 1430. The van der Waals surface area contributed by atoms with Crippen LogP contribution in [0, 0.1) is 5.82 Å². The zero-order chi connectivity index (χ0) is 27.0. The molecule has 0 aliphatic carbocycles. The molecule has 1 aliphatic rings. The summed E-state index contributed by atoms with van der Waals surface area (Å²) in [4.78, 5) is 23.6. The number of benzene rings is 3. The van der Waals surface area contributed by atoms with E-state index in [9.17, 15) is 9.18 Å². The molecule has 2 heterocycles. The maximum Gasteiger partial charge on any atom is 0.255 e. The van der Waals surface area contributed by atoms with Crippen LogP contribution >= 0.6 is 0 Å². The zero-order valence-electron chi connectivity index (χ0n) is 21.7. The van der Waals surface area contributed by atoms with E-state index >= 15 is 0 Å². The third-order valence-corrected chi connectivity index (χ3v) is 6.39. The van der Waals surface area contributed by atoms with Crippen LogP contribution in [0.25, 0.3) is 10.9 Å². The van der Waals surface area contributed by atoms with Crippen LogP contribution < -0.4 is 20.1 Å². The van der Waals surface area contributed by atoms with Gasteiger partial charge in [-0.3, -0.25) is 9.69 Å². The number of aromatic nitrogens is 2. The molecule has 5 rings (SSSR count). The standard InChI is InChI=1S/C29H30FN5O4/c1-37-26-17-24-25(18-27(26)39-13-3-10-35-11-14-38-15-12-35)31-19-32-28(24)33-22-6-8-23(9-7-22)34-29(36)20-4-2-5-21(30)16-20/h2,4-9,16-19H,3,10-15H2,1H3,(H,34,36)(H,31,32,33). The Hall–Kier alpha value is -4.28. The van der Waals surface area contributed by atoms with Crippen LogP contribution in [-0.2, 0) is 4.74 Å². The van der Waals surface area contributed by atoms with Crippen LogP contribution in [0.15, 0.2) is 67.0 Å². The van der Waals surface area contributed by atoms with Gasteiger partial charge in [-0.1, -0.05) is 6.07 Å². The predicted octanol–water partition coefficient (Wildman–Crippen LogP) is 4.87. The molecule has 1 aromatic heterocycles. The maximum absolute atomic E-state index is 13.4. The number of hydrogen-bond donors (Lipinski definition) is 2. The lowest BCUT2D eigenvalue weighted by Crippen LogP contribution is -2.37. The van der Waals surface area contributed by atoms with E-state index in [1.165, 1.54) is 24.5 Å². The summed E-state index contributed by atoms with van der Waals surface area (Å²) in [6.45, 7) is 5.01. The molecule has 1 amide bonds. The van der Waals surface area contributed by atoms with Gasteiger partial charge in [-0.25, -0.2) is 14.4 Å². The van der Waals surface area contributed by atoms with Crippen LogP contribution in [0.1, 0.15) is 16.8 Å². The molecule has 9 nitrogen and oxygen atoms in total. The van der Waals surface area contributed by atoms with E-state index in [0.717, 1.165) is 55.9 Å². The van der Waals surface area contributed by atoms with Gasteiger partial charge in [0.15, 0.2) is 11.5 Å². The fourth-order valence-electron chi connectivity index (χ4n) is 4.34. The van der Waals surface area contributed by atoms with Crippen LogP contribution in [0.3, 0.4) is 0 Å². The minimum atomic E-state index is -0.460. The molecule has 10 heteroatoms. The van der Waals surface area contributed by atoms with Crippen molar-refractivity contribution in [3.63, 3.8) is 0 Å². The number of nitrogens with zero attached hydrogens (tertiary/aromatic N) is 3. The Morgan fingerprint density at radius 2 is 1.82 bits per heavy atom. The smallest absolute Gasteiger partial charge is 0.255 e. The van der Waals surface area contributed by atoms with E-state index in [-0.39, 0.29) is 11.5 Å². The monoisotopic (exact) mass is 531 g/mol. The second kappa shape index (κ2) is 12.5. The first-order valence-electron chi connectivity index (χ1n) is 12.8. The highest BCUT2D eigenvalue weighted by atomic mass is 19.1. The first-order valence-corrected chi connectivity index (χ1v) is 12.8. The van der Waals surface area contributed by atoms with E-state index in [1.807, 2.05) is 24.3 Å². The van der Waals surface area contributed by atoms with Crippen LogP contribution in [0.5, 0.6) is 11.5 Å². The number of amides is 1. The molecule has 1 aliphatic heterocycles. The van der Waals surface area contributed by atoms with Crippen molar-refractivity contribution in [2.24, 2.45) is 0 Å². The number of nitrogens with one attached hydrogen (secondary N) is 2. The van der Waals surface area contributed by atoms with Crippen molar-refractivity contribution in [1.82, 2.24) is 14.9 Å². The van der Waals surface area contributed by atoms with Crippen molar-refractivity contribution in [2.45, 2.75) is 6.42 Å². The van der Waals surface area contributed by atoms with Crippen molar-refractivity contribution < 1.29 is 23.4 Å². The molecule has 4 aromatic rings. The second-order valence-corrected chi connectivity index (χ2v) is 9.07. The molecule has 0 unspecified atom stereocenters. The highest BCUT2D eigenvalue weighted by Crippen LogP contribution is 2.35. The van der Waals surface area contributed by atoms with E-state index in [4.69, 9.17) is 14.2 Å². The van der Waals surface area contributed by atoms with E-state index in [2.05, 4.69) is 25.5 Å². The van der Waals surface area contributed by atoms with Crippen LogP contribution in [-0.4, -0.2) is 67.3 Å². The van der Waals surface area contributed by atoms with Gasteiger partial charge in [0.05, 0.1) is 32.4 Å². The minimum Gasteiger partial charge on any atom is -0.493 e. The number of methoxy groups -OCH3 is 1. The van der Waals surface area contributed by atoms with E-state index < -0.39 is 5.82 Å². The van der Waals surface area contributed by atoms with Gasteiger partial charge < -0.3 is 24.8 Å². The highest BCUT2D eigenvalue weighted by Gasteiger charge is 2.14. The minimum absolute atomic E-state index is 0.249. The third kappa shape index (κ3) is 6.78. The number of hydrogen-bond acceptors (Lipinski definition) is 8. The third-order valence-electron chi connectivity index (χ3n) is 6.39. The molecule has 2 N–H and O–H groups in total. The van der Waals surface area contributed by atoms with Gasteiger partial charge in [0, 0.05) is 48.0 Å². The summed E-state index contributed by atoms with van der Waals surface area (Å²) in [6.07, 6.45) is 2.39. The quantitative estimate of drug-likeness (QED) is 0.280. The molecule has 3 aromatic carbocycles. The number of fused-ring (bicyclic) bond motifs is 1. The van der Waals surface area contributed by atoms with Crippen molar-refractivity contribution >= 4 is 34.0 Å². The number of carbonyl (C=O) groups is 1. The average Bonchev–Trinajstić information content (AvgIpc) is 2.96. The lowest BCUT2D eigenvalue weighted by molar-refractivity contribution is 0.0357. The molecule has 1 saturated heterocycles. The van der Waals surface area contributed by atoms with E-state index in [1.54, 1.807) is 25.3 Å². The topological polar surface area (TPSA) is 97.8 Å². The fourth-order valence-corrected chi connectivity index (χ4v) is 4.34. The molecule has 202 valence electrons. The number of morpholine rings is 1. The number of rotatable bonds is 10. The van der Waals surface area contributed by atoms with Crippen LogP contribution in [0.2, 0.25) is 0 Å². The molecule has 0 radical (unpaired) electrons. The van der Waals surface area contributed by atoms with Crippen molar-refractivity contribution in [1.29, 1.82) is 0 Å². The van der Waals surface area contributed by atoms with Crippen molar-refractivity contribution in [3.8, 4) is 11.5 Å². The molecule has 0 bridgehead atoms. The van der Waals surface area contributed by atoms with Gasteiger partial charge in [-0.05, 0) is 55.0 Å². The number of carbonyl (C=O) groups excluding carboxylic acids is 1. The molecule has 1 fully saturated rings. The summed E-state index contributed by atoms with van der Waals surface area (Å²) in [5.74, 6) is 0.993. The van der Waals surface area contributed by atoms with Crippen LogP contribution in [0.4, 0.5) is 21.6 Å². The van der Waals surface area contributed by atoms with Gasteiger partial charge in [0.25, 0.3) is 5.91 Å². The normalized spacial score (nSPS) is 13.7. The lowest BCUT2D eigenvalue weighted by Gasteiger charge is -2.26. The first-order chi connectivity index (χ1) is 19.1. The summed E-state index contributed by atoms with van der Waals surface area (Å²) < 4.78 is 30.5. The maximum atomic E-state index is 13.4. The van der Waals surface area contributed by atoms with Gasteiger partial charge in [0.2, 0.25) is 0 Å². The Morgan fingerprint density at radius 1 is 1.03 bits per heavy atom. The summed E-state index contributed by atoms with van der Waals surface area (Å²) in [6, 6.07) is 16.4. The number of ether oxygens (including phenoxy) is 3. The van der Waals surface area contributed by atoms with Crippen molar-refractivity contribution in [2.75, 3.05) is 57.2 Å². The SMILES string of the molecule is COc1cc2c(Nc3ccc(NC(=O)c4cccc(F)c4)cc3)ncnc2cc1OCCCN1CCOCC1. The second-order valence-electron chi connectivity index (χ2n) is 9.07. The van der Waals surface area contributed by atoms with Gasteiger partial charge in [-0.2, -0.15) is 0 Å². The zero-order valence-corrected chi connectivity index (χ0v) is 21.7. The Balaban J connectivity index is 1.24. The Labute approximate surface area is 225 Å². The lowest BCUT2D eigenvalue weighted by atomic mass is 10.2. The van der Waals surface area contributed by atoms with Gasteiger partial charge in [0.1, 0.15) is 18.0 Å². The Kier molecular flexibility index (Phi) is 8.45. The molecular weight excluding hydrogens is 501 g/mol. The predicted molar refractivity (Wildman–Crippen MR) is 148 cm³/mol. The molecule has 0 spiro atoms. The summed E-state index contributed by atoms with van der Waals surface area (Å²) in [5.41, 5.74) is 2.31. The van der Waals surface area contributed by atoms with Gasteiger partial charge in [-0.15, -0.1) is 0 Å². The Morgan fingerprint density at radius 3 is 2.59 bits per heavy atom. The average molecular weight is 532 g/mol. The molecule has 39 heavy (non-hydrogen) atoms. The van der Waals surface area contributed by atoms with Crippen molar-refractivity contribution in [3.05, 3.63) is 78.4 Å². The fraction of sp³-hybridized carbons (Fsp3) is 0.276. The summed E-state index contributed by atoms with van der Waals surface area (Å²) in [5, 5.41) is 6.85. The molecule has 0 atom stereocenters. The summed E-state index contributed by atoms with van der Waals surface area (Å²) in [7, 11) is 1.61. The van der Waals surface area contributed by atoms with E-state index in [0.29, 0.717) is 29.6 Å². The number of halogens is 1. The summed E-state index contributed by atoms with van der Waals surface area (Å²) >= 11 is 0. The van der Waals surface area contributed by atoms with Gasteiger partial charge >= 0.3 is 0 Å². The molecular formula is C29H30FN5O4. The highest BCUT2D eigenvalue weighted by molar-refractivity contribution is 6.04.